The van der Waals surface area contributed by atoms with Crippen LogP contribution in [0.15, 0.2) is 30.6 Å². The lowest BCUT2D eigenvalue weighted by Gasteiger charge is -2.30. The zero-order chi connectivity index (χ0) is 20.1. The lowest BCUT2D eigenvalue weighted by molar-refractivity contribution is -0.130. The van der Waals surface area contributed by atoms with Crippen molar-refractivity contribution in [2.75, 3.05) is 18.4 Å². The van der Waals surface area contributed by atoms with Crippen LogP contribution < -0.4 is 5.32 Å². The summed E-state index contributed by atoms with van der Waals surface area (Å²) in [6.45, 7) is 4.94. The van der Waals surface area contributed by atoms with Crippen molar-refractivity contribution in [2.24, 2.45) is 5.92 Å². The van der Waals surface area contributed by atoms with Crippen LogP contribution in [0.3, 0.4) is 0 Å². The van der Waals surface area contributed by atoms with Gasteiger partial charge in [0.15, 0.2) is 5.82 Å². The minimum atomic E-state index is -0.302. The van der Waals surface area contributed by atoms with Crippen molar-refractivity contribution in [3.8, 4) is 11.3 Å². The Morgan fingerprint density at radius 3 is 2.54 bits per heavy atom. The Hall–Kier alpha value is -2.83. The molecule has 7 heteroatoms. The van der Waals surface area contributed by atoms with Crippen LogP contribution in [0.2, 0.25) is 0 Å². The molecule has 1 aliphatic heterocycles. The Kier molecular flexibility index (Phi) is 6.34. The van der Waals surface area contributed by atoms with Crippen molar-refractivity contribution in [1.82, 2.24) is 14.9 Å². The zero-order valence-corrected chi connectivity index (χ0v) is 16.2. The molecular formula is C21H25FN4O2. The molecule has 0 unspecified atom stereocenters. The summed E-state index contributed by atoms with van der Waals surface area (Å²) < 4.78 is 13.7. The van der Waals surface area contributed by atoms with Crippen molar-refractivity contribution in [1.29, 1.82) is 0 Å². The van der Waals surface area contributed by atoms with Crippen LogP contribution in [0, 0.1) is 11.7 Å². The lowest BCUT2D eigenvalue weighted by Crippen LogP contribution is -2.37. The summed E-state index contributed by atoms with van der Waals surface area (Å²) in [6, 6.07) is 4.82. The Bertz CT molecular complexity index is 846. The van der Waals surface area contributed by atoms with Crippen LogP contribution >= 0.6 is 0 Å². The van der Waals surface area contributed by atoms with E-state index < -0.39 is 0 Å². The summed E-state index contributed by atoms with van der Waals surface area (Å²) in [4.78, 5) is 34.0. The van der Waals surface area contributed by atoms with Crippen molar-refractivity contribution >= 4 is 17.6 Å². The van der Waals surface area contributed by atoms with Gasteiger partial charge in [-0.25, -0.2) is 9.37 Å². The molecule has 0 radical (unpaired) electrons. The maximum absolute atomic E-state index is 13.7. The molecule has 148 valence electrons. The highest BCUT2D eigenvalue weighted by molar-refractivity contribution is 5.89. The third kappa shape index (κ3) is 5.12. The molecule has 2 aromatic rings. The van der Waals surface area contributed by atoms with E-state index in [1.165, 1.54) is 24.5 Å². The van der Waals surface area contributed by atoms with Gasteiger partial charge in [0.1, 0.15) is 5.82 Å². The first-order chi connectivity index (χ1) is 13.4. The number of carbonyl (C=O) groups excluding carboxylic acids is 2. The number of carbonyl (C=O) groups is 2. The maximum atomic E-state index is 13.7. The molecule has 3 rings (SSSR count). The van der Waals surface area contributed by atoms with E-state index in [4.69, 9.17) is 0 Å². The van der Waals surface area contributed by atoms with E-state index in [2.05, 4.69) is 15.3 Å². The highest BCUT2D eigenvalue weighted by Gasteiger charge is 2.22. The molecule has 2 heterocycles. The summed E-state index contributed by atoms with van der Waals surface area (Å²) in [5.74, 6) is 0.318. The normalized spacial score (nSPS) is 14.8. The number of hydrogen-bond donors (Lipinski definition) is 1. The SMILES string of the molecule is CCc1cc(F)cc(-c2cnc(NC(=O)CC3CCN(C(C)=O)CC3)cn2)c1. The van der Waals surface area contributed by atoms with Gasteiger partial charge in [0, 0.05) is 32.0 Å². The van der Waals surface area contributed by atoms with E-state index in [1.807, 2.05) is 17.9 Å². The number of rotatable bonds is 5. The molecule has 6 nitrogen and oxygen atoms in total. The standard InChI is InChI=1S/C21H25FN4O2/c1-3-15-8-17(11-18(22)9-15)19-12-24-20(13-23-19)25-21(28)10-16-4-6-26(7-5-16)14(2)27/h8-9,11-13,16H,3-7,10H2,1-2H3,(H,24,25,28). The summed E-state index contributed by atoms with van der Waals surface area (Å²) in [5, 5.41) is 2.77. The fourth-order valence-corrected chi connectivity index (χ4v) is 3.45. The smallest absolute Gasteiger partial charge is 0.225 e. The minimum Gasteiger partial charge on any atom is -0.343 e. The molecule has 1 aromatic carbocycles. The van der Waals surface area contributed by atoms with Gasteiger partial charge in [-0.1, -0.05) is 6.92 Å². The molecule has 0 aliphatic carbocycles. The number of amides is 2. The third-order valence-electron chi connectivity index (χ3n) is 5.11. The quantitative estimate of drug-likeness (QED) is 0.857. The molecule has 0 saturated carbocycles. The van der Waals surface area contributed by atoms with Gasteiger partial charge < -0.3 is 10.2 Å². The Morgan fingerprint density at radius 1 is 1.18 bits per heavy atom. The summed E-state index contributed by atoms with van der Waals surface area (Å²) in [7, 11) is 0. The number of halogens is 1. The van der Waals surface area contributed by atoms with E-state index in [9.17, 15) is 14.0 Å². The topological polar surface area (TPSA) is 75.2 Å². The maximum Gasteiger partial charge on any atom is 0.225 e. The number of hydrogen-bond acceptors (Lipinski definition) is 4. The predicted molar refractivity (Wildman–Crippen MR) is 105 cm³/mol. The highest BCUT2D eigenvalue weighted by atomic mass is 19.1. The number of nitrogens with one attached hydrogen (secondary N) is 1. The van der Waals surface area contributed by atoms with E-state index >= 15 is 0 Å². The predicted octanol–water partition coefficient (Wildman–Crippen LogP) is 3.43. The molecule has 1 N–H and O–H groups in total. The molecular weight excluding hydrogens is 359 g/mol. The van der Waals surface area contributed by atoms with Gasteiger partial charge in [0.25, 0.3) is 0 Å². The van der Waals surface area contributed by atoms with Gasteiger partial charge in [-0.15, -0.1) is 0 Å². The first-order valence-corrected chi connectivity index (χ1v) is 9.62. The monoisotopic (exact) mass is 384 g/mol. The minimum absolute atomic E-state index is 0.0858. The lowest BCUT2D eigenvalue weighted by atomic mass is 9.93. The van der Waals surface area contributed by atoms with Gasteiger partial charge in [-0.05, 0) is 48.9 Å². The molecule has 28 heavy (non-hydrogen) atoms. The Labute approximate surface area is 164 Å². The largest absolute Gasteiger partial charge is 0.343 e. The molecule has 1 aliphatic rings. The van der Waals surface area contributed by atoms with E-state index in [0.717, 1.165) is 24.8 Å². The second kappa shape index (κ2) is 8.91. The van der Waals surface area contributed by atoms with Crippen LogP contribution in [0.5, 0.6) is 0 Å². The summed E-state index contributed by atoms with van der Waals surface area (Å²) in [5.41, 5.74) is 2.12. The van der Waals surface area contributed by atoms with Crippen molar-refractivity contribution < 1.29 is 14.0 Å². The van der Waals surface area contributed by atoms with Crippen molar-refractivity contribution in [2.45, 2.75) is 39.5 Å². The Morgan fingerprint density at radius 2 is 1.93 bits per heavy atom. The molecule has 1 saturated heterocycles. The second-order valence-electron chi connectivity index (χ2n) is 7.19. The Balaban J connectivity index is 1.56. The zero-order valence-electron chi connectivity index (χ0n) is 16.2. The van der Waals surface area contributed by atoms with Gasteiger partial charge in [-0.3, -0.25) is 14.6 Å². The van der Waals surface area contributed by atoms with Crippen LogP contribution in [0.4, 0.5) is 10.2 Å². The number of aromatic nitrogens is 2. The van der Waals surface area contributed by atoms with Gasteiger partial charge in [-0.2, -0.15) is 0 Å². The second-order valence-corrected chi connectivity index (χ2v) is 7.19. The average Bonchev–Trinajstić information content (AvgIpc) is 2.68. The highest BCUT2D eigenvalue weighted by Crippen LogP contribution is 2.22. The molecule has 0 bridgehead atoms. The number of nitrogens with zero attached hydrogens (tertiary/aromatic N) is 3. The number of anilines is 1. The van der Waals surface area contributed by atoms with Gasteiger partial charge in [0.2, 0.25) is 11.8 Å². The molecule has 1 fully saturated rings. The van der Waals surface area contributed by atoms with E-state index in [-0.39, 0.29) is 23.5 Å². The van der Waals surface area contributed by atoms with Crippen LogP contribution in [-0.2, 0) is 16.0 Å². The molecule has 0 spiro atoms. The van der Waals surface area contributed by atoms with E-state index in [1.54, 1.807) is 6.92 Å². The number of likely N-dealkylation sites (tertiary alicyclic amines) is 1. The summed E-state index contributed by atoms with van der Waals surface area (Å²) >= 11 is 0. The number of piperidine rings is 1. The third-order valence-corrected chi connectivity index (χ3v) is 5.11. The first-order valence-electron chi connectivity index (χ1n) is 9.62. The van der Waals surface area contributed by atoms with Gasteiger partial charge >= 0.3 is 0 Å². The number of benzene rings is 1. The summed E-state index contributed by atoms with van der Waals surface area (Å²) in [6.07, 6.45) is 5.82. The van der Waals surface area contributed by atoms with Crippen LogP contribution in [0.1, 0.15) is 38.7 Å². The van der Waals surface area contributed by atoms with E-state index in [0.29, 0.717) is 36.6 Å². The molecule has 1 aromatic heterocycles. The molecule has 0 atom stereocenters. The average molecular weight is 384 g/mol. The van der Waals surface area contributed by atoms with Crippen molar-refractivity contribution in [3.63, 3.8) is 0 Å². The van der Waals surface area contributed by atoms with Crippen LogP contribution in [0.25, 0.3) is 11.3 Å². The van der Waals surface area contributed by atoms with Crippen LogP contribution in [-0.4, -0.2) is 39.8 Å². The van der Waals surface area contributed by atoms with Crippen molar-refractivity contribution in [3.05, 3.63) is 42.0 Å². The fraction of sp³-hybridized carbons (Fsp3) is 0.429. The first kappa shape index (κ1) is 19.9. The molecule has 2 amide bonds. The fourth-order valence-electron chi connectivity index (χ4n) is 3.45. The van der Waals surface area contributed by atoms with Gasteiger partial charge in [0.05, 0.1) is 18.1 Å². The number of aryl methyl sites for hydroxylation is 1.